The zero-order chi connectivity index (χ0) is 25.4. The molecule has 0 atom stereocenters. The molecule has 0 aliphatic carbocycles. The van der Waals surface area contributed by atoms with Crippen LogP contribution in [-0.4, -0.2) is 34.5 Å². The fourth-order valence-electron chi connectivity index (χ4n) is 4.84. The van der Waals surface area contributed by atoms with Crippen molar-refractivity contribution in [3.05, 3.63) is 63.4 Å². The molecule has 2 aromatic heterocycles. The summed E-state index contributed by atoms with van der Waals surface area (Å²) in [6.07, 6.45) is 12.0. The number of unbranched alkanes of at least 4 members (excludes halogenated alkanes) is 5. The van der Waals surface area contributed by atoms with E-state index in [0.29, 0.717) is 12.8 Å². The van der Waals surface area contributed by atoms with E-state index in [-0.39, 0.29) is 11.8 Å². The number of aryl methyl sites for hydroxylation is 1. The number of esters is 1. The Hall–Kier alpha value is -3.15. The lowest BCUT2D eigenvalue weighted by Gasteiger charge is -2.04. The lowest BCUT2D eigenvalue weighted by Crippen LogP contribution is -2.02. The number of carbonyl (C=O) groups is 2. The van der Waals surface area contributed by atoms with Gasteiger partial charge >= 0.3 is 5.97 Å². The second-order valence-electron chi connectivity index (χ2n) is 9.32. The zero-order valence-electron chi connectivity index (χ0n) is 21.8. The highest BCUT2D eigenvalue weighted by Crippen LogP contribution is 2.32. The van der Waals surface area contributed by atoms with Gasteiger partial charge in [0.2, 0.25) is 0 Å². The Labute approximate surface area is 209 Å². The fraction of sp³-hybridized carbons (Fsp3) is 0.483. The van der Waals surface area contributed by atoms with Crippen LogP contribution in [0, 0.1) is 13.8 Å². The van der Waals surface area contributed by atoms with Crippen LogP contribution in [0.15, 0.2) is 40.2 Å². The first-order chi connectivity index (χ1) is 16.9. The molecule has 0 fully saturated rings. The van der Waals surface area contributed by atoms with Gasteiger partial charge in [0.15, 0.2) is 5.78 Å². The van der Waals surface area contributed by atoms with Crippen molar-refractivity contribution in [2.75, 3.05) is 7.11 Å². The highest BCUT2D eigenvalue weighted by Gasteiger charge is 2.23. The van der Waals surface area contributed by atoms with Crippen LogP contribution in [0.3, 0.4) is 0 Å². The number of nitrogens with zero attached hydrogens (tertiary/aromatic N) is 1. The van der Waals surface area contributed by atoms with E-state index in [9.17, 15) is 9.59 Å². The Bertz CT molecular complexity index is 1130. The van der Waals surface area contributed by atoms with Gasteiger partial charge in [0.05, 0.1) is 24.2 Å². The van der Waals surface area contributed by atoms with Crippen LogP contribution in [0.2, 0.25) is 0 Å². The van der Waals surface area contributed by atoms with Gasteiger partial charge in [-0.15, -0.1) is 0 Å². The molecule has 6 heteroatoms. The zero-order valence-corrected chi connectivity index (χ0v) is 21.8. The highest BCUT2D eigenvalue weighted by atomic mass is 16.5. The van der Waals surface area contributed by atoms with Crippen molar-refractivity contribution in [3.63, 3.8) is 0 Å². The van der Waals surface area contributed by atoms with Crippen LogP contribution in [0.1, 0.15) is 105 Å². The summed E-state index contributed by atoms with van der Waals surface area (Å²) >= 11 is 0. The number of hydrogen-bond donors (Lipinski definition) is 2. The van der Waals surface area contributed by atoms with Crippen molar-refractivity contribution in [3.8, 4) is 0 Å². The number of rotatable bonds is 13. The van der Waals surface area contributed by atoms with Crippen molar-refractivity contribution < 1.29 is 14.3 Å². The monoisotopic (exact) mass is 477 g/mol. The molecule has 0 spiro atoms. The quantitative estimate of drug-likeness (QED) is 0.185. The van der Waals surface area contributed by atoms with E-state index in [1.54, 1.807) is 0 Å². The predicted molar refractivity (Wildman–Crippen MR) is 142 cm³/mol. The second kappa shape index (κ2) is 12.5. The van der Waals surface area contributed by atoms with Crippen molar-refractivity contribution in [1.82, 2.24) is 9.97 Å². The molecule has 3 rings (SSSR count). The maximum atomic E-state index is 13.0. The number of Topliss-reactive ketones (excluding diaryl/α,β-unsaturated/α-hetero) is 1. The van der Waals surface area contributed by atoms with Gasteiger partial charge in [0.25, 0.3) is 0 Å². The van der Waals surface area contributed by atoms with Crippen LogP contribution in [0.5, 0.6) is 0 Å². The minimum Gasteiger partial charge on any atom is -0.469 e. The molecule has 0 unspecified atom stereocenters. The first-order valence-corrected chi connectivity index (χ1v) is 12.8. The highest BCUT2D eigenvalue weighted by molar-refractivity contribution is 6.15. The smallest absolute Gasteiger partial charge is 0.305 e. The summed E-state index contributed by atoms with van der Waals surface area (Å²) in [4.78, 5) is 35.8. The Morgan fingerprint density at radius 1 is 1.03 bits per heavy atom. The predicted octanol–water partition coefficient (Wildman–Crippen LogP) is 7.01. The van der Waals surface area contributed by atoms with E-state index in [2.05, 4.69) is 34.6 Å². The maximum absolute atomic E-state index is 13.0. The summed E-state index contributed by atoms with van der Waals surface area (Å²) in [5, 5.41) is 0. The summed E-state index contributed by atoms with van der Waals surface area (Å²) in [5.41, 5.74) is 9.11. The number of aromatic amines is 2. The van der Waals surface area contributed by atoms with Crippen LogP contribution in [0.4, 0.5) is 0 Å². The molecule has 1 aliphatic rings. The number of H-pyrrole nitrogens is 2. The maximum Gasteiger partial charge on any atom is 0.305 e. The van der Waals surface area contributed by atoms with Crippen molar-refractivity contribution >= 4 is 23.5 Å². The fourth-order valence-corrected chi connectivity index (χ4v) is 4.84. The third-order valence-corrected chi connectivity index (χ3v) is 6.86. The third-order valence-electron chi connectivity index (χ3n) is 6.86. The van der Waals surface area contributed by atoms with Gasteiger partial charge in [-0.3, -0.25) is 9.59 Å². The standard InChI is InChI=1S/C29H39N3O3/c1-6-22-19(2)24(32-29(22)23-14-13-17-30-23)18-25-20(3)28(21(4)31-25)26(33)15-11-9-7-8-10-12-16-27(34)35-5/h13-14,17-18,30-31H,6-12,15-16H2,1-5H3/b24-18-. The summed E-state index contributed by atoms with van der Waals surface area (Å²) in [6.45, 7) is 8.28. The number of ketones is 1. The van der Waals surface area contributed by atoms with Gasteiger partial charge in [0, 0.05) is 36.0 Å². The molecule has 0 amide bonds. The molecule has 2 N–H and O–H groups in total. The van der Waals surface area contributed by atoms with Gasteiger partial charge in [-0.1, -0.05) is 32.6 Å². The Morgan fingerprint density at radius 3 is 2.34 bits per heavy atom. The third kappa shape index (κ3) is 6.50. The van der Waals surface area contributed by atoms with E-state index in [0.717, 1.165) is 84.6 Å². The number of carbonyl (C=O) groups excluding carboxylic acids is 2. The molecule has 0 saturated carbocycles. The first kappa shape index (κ1) is 26.5. The number of aromatic nitrogens is 2. The molecule has 3 heterocycles. The molecular weight excluding hydrogens is 438 g/mol. The Balaban J connectivity index is 1.60. The molecular formula is C29H39N3O3. The molecule has 0 radical (unpaired) electrons. The van der Waals surface area contributed by atoms with Gasteiger partial charge < -0.3 is 14.7 Å². The first-order valence-electron chi connectivity index (χ1n) is 12.8. The summed E-state index contributed by atoms with van der Waals surface area (Å²) < 4.78 is 4.66. The normalized spacial score (nSPS) is 14.7. The van der Waals surface area contributed by atoms with Crippen LogP contribution in [0.25, 0.3) is 6.08 Å². The number of nitrogens with one attached hydrogen (secondary N) is 2. The van der Waals surface area contributed by atoms with E-state index >= 15 is 0 Å². The van der Waals surface area contributed by atoms with Crippen LogP contribution in [-0.2, 0) is 9.53 Å². The second-order valence-corrected chi connectivity index (χ2v) is 9.32. The molecule has 2 aromatic rings. The minimum atomic E-state index is -0.138. The summed E-state index contributed by atoms with van der Waals surface area (Å²) in [5.74, 6) is 0.0654. The Kier molecular flexibility index (Phi) is 9.47. The molecule has 1 aliphatic heterocycles. The van der Waals surface area contributed by atoms with Crippen molar-refractivity contribution in [1.29, 1.82) is 0 Å². The van der Waals surface area contributed by atoms with Gasteiger partial charge in [-0.2, -0.15) is 0 Å². The largest absolute Gasteiger partial charge is 0.469 e. The van der Waals surface area contributed by atoms with Crippen molar-refractivity contribution in [2.45, 2.75) is 85.5 Å². The van der Waals surface area contributed by atoms with Crippen LogP contribution < -0.4 is 0 Å². The lowest BCUT2D eigenvalue weighted by molar-refractivity contribution is -0.140. The van der Waals surface area contributed by atoms with Gasteiger partial charge in [0.1, 0.15) is 0 Å². The molecule has 35 heavy (non-hydrogen) atoms. The summed E-state index contributed by atoms with van der Waals surface area (Å²) in [7, 11) is 1.43. The molecule has 0 bridgehead atoms. The number of aliphatic imine (C=N–C) groups is 1. The average molecular weight is 478 g/mol. The van der Waals surface area contributed by atoms with Gasteiger partial charge in [-0.05, 0) is 75.0 Å². The molecule has 0 aromatic carbocycles. The molecule has 6 nitrogen and oxygen atoms in total. The number of allylic oxidation sites excluding steroid dienone is 2. The molecule has 188 valence electrons. The Morgan fingerprint density at radius 2 is 1.71 bits per heavy atom. The minimum absolute atomic E-state index is 0.138. The number of hydrogen-bond acceptors (Lipinski definition) is 4. The number of ether oxygens (including phenoxy) is 1. The summed E-state index contributed by atoms with van der Waals surface area (Å²) in [6, 6.07) is 4.04. The SMILES string of the molecule is CCC1=C(C)/C(=C/c2[nH]c(C)c(C(=O)CCCCCCCCC(=O)OC)c2C)N=C1c1ccc[nH]1. The van der Waals surface area contributed by atoms with Gasteiger partial charge in [-0.25, -0.2) is 4.99 Å². The average Bonchev–Trinajstić information content (AvgIpc) is 3.54. The number of methoxy groups -OCH3 is 1. The van der Waals surface area contributed by atoms with E-state index in [4.69, 9.17) is 4.99 Å². The lowest BCUT2D eigenvalue weighted by atomic mass is 9.99. The van der Waals surface area contributed by atoms with Crippen molar-refractivity contribution in [2.24, 2.45) is 4.99 Å². The van der Waals surface area contributed by atoms with E-state index in [1.165, 1.54) is 18.3 Å². The van der Waals surface area contributed by atoms with E-state index < -0.39 is 0 Å². The topological polar surface area (TPSA) is 87.3 Å². The molecule has 0 saturated heterocycles. The van der Waals surface area contributed by atoms with E-state index in [1.807, 2.05) is 32.2 Å². The van der Waals surface area contributed by atoms with Crippen LogP contribution >= 0.6 is 0 Å².